The standard InChI is InChI=1S/C38H60N2O12/c1-9-29(41)47-13-14-49-31(43)11-12-37(7)23-28(22-36(5,6)24-37)40-34(46)52-18-16-50-32(44)19-27-20-35(3,4)25-38(8,21-27)26-39-33(45)51-17-15-48-30(42)10-2/h9-10,27-28H,1-2,11-26H2,3-8H3,(H,39,45)(H,40,46). The molecule has 0 bridgehead atoms. The molecular formula is C38H60N2O12. The van der Waals surface area contributed by atoms with E-state index in [1.807, 2.05) is 0 Å². The SMILES string of the molecule is C=CC(=O)OCCOC(=O)CCC1(C)CC(NC(=O)OCCOC(=O)CC2CC(C)(C)CC(C)(CNC(=O)OCCOC(=O)C=C)C2)CC(C)(C)C1. The number of esters is 4. The summed E-state index contributed by atoms with van der Waals surface area (Å²) >= 11 is 0. The van der Waals surface area contributed by atoms with Gasteiger partial charge in [0, 0.05) is 37.6 Å². The number of hydrogen-bond acceptors (Lipinski definition) is 12. The van der Waals surface area contributed by atoms with Crippen molar-refractivity contribution in [2.24, 2.45) is 27.6 Å². The molecule has 52 heavy (non-hydrogen) atoms. The van der Waals surface area contributed by atoms with Gasteiger partial charge < -0.3 is 39.1 Å². The second-order valence-electron chi connectivity index (χ2n) is 16.3. The molecule has 4 unspecified atom stereocenters. The van der Waals surface area contributed by atoms with E-state index in [1.165, 1.54) is 0 Å². The summed E-state index contributed by atoms with van der Waals surface area (Å²) in [6.07, 6.45) is 6.47. The van der Waals surface area contributed by atoms with Crippen molar-refractivity contribution in [3.63, 3.8) is 0 Å². The highest BCUT2D eigenvalue weighted by Gasteiger charge is 2.43. The Morgan fingerprint density at radius 2 is 1.12 bits per heavy atom. The first-order chi connectivity index (χ1) is 24.3. The molecule has 2 rings (SSSR count). The normalized spacial score (nSPS) is 24.6. The van der Waals surface area contributed by atoms with Crippen LogP contribution in [-0.2, 0) is 47.6 Å². The fourth-order valence-corrected chi connectivity index (χ4v) is 8.35. The zero-order chi connectivity index (χ0) is 39.0. The van der Waals surface area contributed by atoms with Crippen LogP contribution in [0, 0.1) is 27.6 Å². The first-order valence-corrected chi connectivity index (χ1v) is 18.0. The van der Waals surface area contributed by atoms with Crippen LogP contribution >= 0.6 is 0 Å². The van der Waals surface area contributed by atoms with E-state index in [9.17, 15) is 28.8 Å². The smallest absolute Gasteiger partial charge is 0.407 e. The summed E-state index contributed by atoms with van der Waals surface area (Å²) in [5.74, 6) is -1.89. The molecule has 2 fully saturated rings. The lowest BCUT2D eigenvalue weighted by atomic mass is 9.60. The molecule has 0 aromatic carbocycles. The molecule has 14 nitrogen and oxygen atoms in total. The van der Waals surface area contributed by atoms with Gasteiger partial charge in [0.2, 0.25) is 0 Å². The Morgan fingerprint density at radius 3 is 1.71 bits per heavy atom. The molecule has 2 N–H and O–H groups in total. The highest BCUT2D eigenvalue weighted by atomic mass is 16.6. The lowest BCUT2D eigenvalue weighted by Gasteiger charge is -2.46. The number of carbonyl (C=O) groups is 6. The summed E-state index contributed by atoms with van der Waals surface area (Å²) < 4.78 is 30.7. The average molecular weight is 737 g/mol. The lowest BCUT2D eigenvalue weighted by Crippen LogP contribution is -2.47. The van der Waals surface area contributed by atoms with Crippen molar-refractivity contribution >= 4 is 36.1 Å². The quantitative estimate of drug-likeness (QED) is 0.0729. The van der Waals surface area contributed by atoms with Crippen LogP contribution in [0.2, 0.25) is 0 Å². The molecule has 2 amide bonds. The van der Waals surface area contributed by atoms with Gasteiger partial charge in [0.25, 0.3) is 0 Å². The number of nitrogens with one attached hydrogen (secondary N) is 2. The maximum atomic E-state index is 12.8. The molecule has 14 heteroatoms. The Kier molecular flexibility index (Phi) is 17.1. The fraction of sp³-hybridized carbons (Fsp3) is 0.737. The zero-order valence-corrected chi connectivity index (χ0v) is 31.9. The highest BCUT2D eigenvalue weighted by molar-refractivity contribution is 5.81. The predicted molar refractivity (Wildman–Crippen MR) is 191 cm³/mol. The van der Waals surface area contributed by atoms with E-state index in [4.69, 9.17) is 28.4 Å². The van der Waals surface area contributed by atoms with E-state index in [2.05, 4.69) is 65.3 Å². The Bertz CT molecular complexity index is 1180. The molecule has 2 aliphatic rings. The van der Waals surface area contributed by atoms with Crippen LogP contribution in [0.5, 0.6) is 0 Å². The lowest BCUT2D eigenvalue weighted by molar-refractivity contribution is -0.150. The van der Waals surface area contributed by atoms with Crippen LogP contribution in [0.4, 0.5) is 9.59 Å². The number of hydrogen-bond donors (Lipinski definition) is 2. The summed E-state index contributed by atoms with van der Waals surface area (Å²) in [7, 11) is 0. The van der Waals surface area contributed by atoms with Crippen molar-refractivity contribution in [3.8, 4) is 0 Å². The van der Waals surface area contributed by atoms with Crippen LogP contribution in [0.25, 0.3) is 0 Å². The molecular weight excluding hydrogens is 676 g/mol. The van der Waals surface area contributed by atoms with E-state index in [-0.39, 0.29) is 98.0 Å². The van der Waals surface area contributed by atoms with Gasteiger partial charge in [-0.2, -0.15) is 0 Å². The van der Waals surface area contributed by atoms with E-state index >= 15 is 0 Å². The topological polar surface area (TPSA) is 182 Å². The summed E-state index contributed by atoms with van der Waals surface area (Å²) in [5.41, 5.74) is -0.662. The molecule has 0 spiro atoms. The molecule has 2 saturated carbocycles. The second-order valence-corrected chi connectivity index (χ2v) is 16.3. The number of carbonyl (C=O) groups excluding carboxylic acids is 6. The van der Waals surface area contributed by atoms with Gasteiger partial charge in [0.15, 0.2) is 0 Å². The number of rotatable bonds is 19. The molecule has 294 valence electrons. The van der Waals surface area contributed by atoms with Crippen molar-refractivity contribution in [1.29, 1.82) is 0 Å². The van der Waals surface area contributed by atoms with Crippen molar-refractivity contribution in [3.05, 3.63) is 25.3 Å². The summed E-state index contributed by atoms with van der Waals surface area (Å²) in [6, 6.07) is -0.166. The Morgan fingerprint density at radius 1 is 0.615 bits per heavy atom. The third-order valence-electron chi connectivity index (χ3n) is 9.41. The van der Waals surface area contributed by atoms with Crippen molar-refractivity contribution in [1.82, 2.24) is 10.6 Å². The van der Waals surface area contributed by atoms with E-state index in [1.54, 1.807) is 0 Å². The molecule has 0 radical (unpaired) electrons. The van der Waals surface area contributed by atoms with Crippen LogP contribution in [0.1, 0.15) is 99.3 Å². The first-order valence-electron chi connectivity index (χ1n) is 18.0. The number of alkyl carbamates (subject to hydrolysis) is 2. The molecule has 4 atom stereocenters. The molecule has 0 saturated heterocycles. The van der Waals surface area contributed by atoms with Gasteiger partial charge in [0.05, 0.1) is 0 Å². The minimum absolute atomic E-state index is 0.0253. The zero-order valence-electron chi connectivity index (χ0n) is 31.9. The molecule has 0 heterocycles. The van der Waals surface area contributed by atoms with Gasteiger partial charge in [-0.25, -0.2) is 19.2 Å². The number of amides is 2. The summed E-state index contributed by atoms with van der Waals surface area (Å²) in [4.78, 5) is 72.2. The molecule has 0 aromatic rings. The van der Waals surface area contributed by atoms with Crippen LogP contribution in [0.15, 0.2) is 25.3 Å². The fourth-order valence-electron chi connectivity index (χ4n) is 8.35. The highest BCUT2D eigenvalue weighted by Crippen LogP contribution is 2.50. The minimum Gasteiger partial charge on any atom is -0.462 e. The Hall–Kier alpha value is -4.10. The van der Waals surface area contributed by atoms with Crippen LogP contribution < -0.4 is 10.6 Å². The van der Waals surface area contributed by atoms with E-state index in [0.717, 1.165) is 37.8 Å². The Labute approximate surface area is 308 Å². The van der Waals surface area contributed by atoms with E-state index < -0.39 is 24.1 Å². The van der Waals surface area contributed by atoms with Gasteiger partial charge in [-0.3, -0.25) is 9.59 Å². The maximum Gasteiger partial charge on any atom is 0.407 e. The van der Waals surface area contributed by atoms with Crippen LogP contribution in [-0.4, -0.2) is 88.3 Å². The van der Waals surface area contributed by atoms with Crippen LogP contribution in [0.3, 0.4) is 0 Å². The third-order valence-corrected chi connectivity index (χ3v) is 9.41. The molecule has 2 aliphatic carbocycles. The van der Waals surface area contributed by atoms with Crippen molar-refractivity contribution < 1.29 is 57.2 Å². The monoisotopic (exact) mass is 736 g/mol. The second kappa shape index (κ2) is 20.2. The van der Waals surface area contributed by atoms with Gasteiger partial charge in [-0.15, -0.1) is 0 Å². The largest absolute Gasteiger partial charge is 0.462 e. The average Bonchev–Trinajstić information content (AvgIpc) is 3.03. The van der Waals surface area contributed by atoms with Gasteiger partial charge in [-0.1, -0.05) is 54.7 Å². The predicted octanol–water partition coefficient (Wildman–Crippen LogP) is 5.57. The number of ether oxygens (including phenoxy) is 6. The van der Waals surface area contributed by atoms with Gasteiger partial charge in [-0.05, 0) is 72.5 Å². The van der Waals surface area contributed by atoms with Gasteiger partial charge in [0.1, 0.15) is 39.6 Å². The minimum atomic E-state index is -0.610. The third kappa shape index (κ3) is 17.4. The van der Waals surface area contributed by atoms with Crippen molar-refractivity contribution in [2.75, 3.05) is 46.2 Å². The Balaban J connectivity index is 1.73. The van der Waals surface area contributed by atoms with Crippen molar-refractivity contribution in [2.45, 2.75) is 105 Å². The molecule has 0 aliphatic heterocycles. The molecule has 0 aromatic heterocycles. The van der Waals surface area contributed by atoms with Gasteiger partial charge >= 0.3 is 36.1 Å². The maximum absolute atomic E-state index is 12.8. The summed E-state index contributed by atoms with van der Waals surface area (Å²) in [5, 5.41) is 5.75. The van der Waals surface area contributed by atoms with E-state index in [0.29, 0.717) is 25.8 Å². The first kappa shape index (κ1) is 44.1. The summed E-state index contributed by atoms with van der Waals surface area (Å²) in [6.45, 7) is 19.3.